The predicted molar refractivity (Wildman–Crippen MR) is 104 cm³/mol. The molecule has 3 rings (SSSR count). The van der Waals surface area contributed by atoms with E-state index in [9.17, 15) is 9.59 Å². The maximum Gasteiger partial charge on any atom is 0.329 e. The van der Waals surface area contributed by atoms with Crippen molar-refractivity contribution < 1.29 is 4.79 Å². The summed E-state index contributed by atoms with van der Waals surface area (Å²) in [6.07, 6.45) is 0.847. The normalized spacial score (nSPS) is 12.5. The quantitative estimate of drug-likeness (QED) is 0.741. The molecule has 0 fully saturated rings. The lowest BCUT2D eigenvalue weighted by atomic mass is 9.97. The second-order valence-corrected chi connectivity index (χ2v) is 7.08. The van der Waals surface area contributed by atoms with Crippen LogP contribution in [0.25, 0.3) is 11.0 Å². The Kier molecular flexibility index (Phi) is 5.26. The lowest BCUT2D eigenvalue weighted by Gasteiger charge is -2.21. The van der Waals surface area contributed by atoms with E-state index in [1.54, 1.807) is 11.6 Å². The van der Waals surface area contributed by atoms with Gasteiger partial charge in [0.05, 0.1) is 17.1 Å². The van der Waals surface area contributed by atoms with Gasteiger partial charge in [0.1, 0.15) is 6.54 Å². The van der Waals surface area contributed by atoms with Crippen LogP contribution >= 0.6 is 0 Å². The Morgan fingerprint density at radius 2 is 1.62 bits per heavy atom. The van der Waals surface area contributed by atoms with Crippen molar-refractivity contribution in [2.75, 3.05) is 0 Å². The lowest BCUT2D eigenvalue weighted by molar-refractivity contribution is -0.122. The van der Waals surface area contributed by atoms with Crippen LogP contribution in [0.2, 0.25) is 0 Å². The fraction of sp³-hybridized carbons (Fsp3) is 0.333. The summed E-state index contributed by atoms with van der Waals surface area (Å²) in [6, 6.07) is 17.4. The van der Waals surface area contributed by atoms with Crippen LogP contribution in [0, 0.1) is 5.92 Å². The third-order valence-electron chi connectivity index (χ3n) is 4.60. The maximum absolute atomic E-state index is 12.7. The maximum atomic E-state index is 12.7. The van der Waals surface area contributed by atoms with E-state index in [0.717, 1.165) is 23.0 Å². The third kappa shape index (κ3) is 3.72. The van der Waals surface area contributed by atoms with Gasteiger partial charge < -0.3 is 5.32 Å². The number of nitrogens with one attached hydrogen (secondary N) is 1. The van der Waals surface area contributed by atoms with Gasteiger partial charge in [-0.1, -0.05) is 56.3 Å². The van der Waals surface area contributed by atoms with Gasteiger partial charge in [0.2, 0.25) is 5.91 Å². The number of benzene rings is 2. The molecule has 0 saturated heterocycles. The van der Waals surface area contributed by atoms with E-state index < -0.39 is 0 Å². The number of carbonyl (C=O) groups excluding carboxylic acids is 1. The van der Waals surface area contributed by atoms with Gasteiger partial charge in [0, 0.05) is 7.05 Å². The molecule has 1 atom stereocenters. The zero-order valence-corrected chi connectivity index (χ0v) is 15.5. The number of para-hydroxylation sites is 2. The van der Waals surface area contributed by atoms with Gasteiger partial charge in [-0.15, -0.1) is 0 Å². The highest BCUT2D eigenvalue weighted by Crippen LogP contribution is 2.21. The van der Waals surface area contributed by atoms with Crippen molar-refractivity contribution in [3.63, 3.8) is 0 Å². The molecule has 3 aromatic rings. The molecule has 1 N–H and O–H groups in total. The van der Waals surface area contributed by atoms with Crippen molar-refractivity contribution >= 4 is 16.9 Å². The molecule has 0 aliphatic carbocycles. The molecule has 0 aliphatic heterocycles. The Labute approximate surface area is 153 Å². The Morgan fingerprint density at radius 1 is 1.00 bits per heavy atom. The zero-order valence-electron chi connectivity index (χ0n) is 15.5. The monoisotopic (exact) mass is 351 g/mol. The summed E-state index contributed by atoms with van der Waals surface area (Å²) in [5.41, 5.74) is 2.50. The highest BCUT2D eigenvalue weighted by molar-refractivity contribution is 5.81. The molecule has 1 heterocycles. The number of aromatic nitrogens is 2. The van der Waals surface area contributed by atoms with Crippen LogP contribution in [-0.4, -0.2) is 15.0 Å². The molecule has 0 radical (unpaired) electrons. The van der Waals surface area contributed by atoms with E-state index in [1.165, 1.54) is 4.57 Å². The largest absolute Gasteiger partial charge is 0.348 e. The van der Waals surface area contributed by atoms with E-state index in [4.69, 9.17) is 0 Å². The van der Waals surface area contributed by atoms with Gasteiger partial charge in [-0.3, -0.25) is 13.9 Å². The van der Waals surface area contributed by atoms with Crippen molar-refractivity contribution in [2.45, 2.75) is 32.9 Å². The Bertz CT molecular complexity index is 954. The highest BCUT2D eigenvalue weighted by Gasteiger charge is 2.18. The minimum absolute atomic E-state index is 0.0155. The minimum atomic E-state index is -0.179. The smallest absolute Gasteiger partial charge is 0.329 e. The molecule has 2 aromatic carbocycles. The molecule has 136 valence electrons. The molecular weight excluding hydrogens is 326 g/mol. The number of carbonyl (C=O) groups is 1. The van der Waals surface area contributed by atoms with Crippen molar-refractivity contribution in [1.29, 1.82) is 0 Å². The van der Waals surface area contributed by atoms with Gasteiger partial charge in [0.25, 0.3) is 0 Å². The van der Waals surface area contributed by atoms with E-state index in [1.807, 2.05) is 54.6 Å². The van der Waals surface area contributed by atoms with Crippen LogP contribution < -0.4 is 11.0 Å². The average Bonchev–Trinajstić information content (AvgIpc) is 2.87. The summed E-state index contributed by atoms with van der Waals surface area (Å²) >= 11 is 0. The average molecular weight is 351 g/mol. The molecule has 5 nitrogen and oxygen atoms in total. The number of imidazole rings is 1. The van der Waals surface area contributed by atoms with Gasteiger partial charge in [-0.05, 0) is 30.0 Å². The third-order valence-corrected chi connectivity index (χ3v) is 4.60. The van der Waals surface area contributed by atoms with Crippen molar-refractivity contribution in [1.82, 2.24) is 14.5 Å². The summed E-state index contributed by atoms with van der Waals surface area (Å²) in [7, 11) is 1.73. The Balaban J connectivity index is 1.83. The van der Waals surface area contributed by atoms with E-state index >= 15 is 0 Å². The standard InChI is InChI=1S/C21H25N3O2/c1-15(2)13-17(16-9-5-4-6-10-16)22-20(25)14-24-19-12-8-7-11-18(19)23(3)21(24)26/h4-12,15,17H,13-14H2,1-3H3,(H,22,25)/t17-/m0/s1. The van der Waals surface area contributed by atoms with Gasteiger partial charge in [-0.25, -0.2) is 4.79 Å². The molecule has 0 aliphatic rings. The number of aryl methyl sites for hydroxylation is 1. The van der Waals surface area contributed by atoms with Gasteiger partial charge in [0.15, 0.2) is 0 Å². The molecule has 1 amide bonds. The van der Waals surface area contributed by atoms with E-state index in [2.05, 4.69) is 19.2 Å². The molecule has 26 heavy (non-hydrogen) atoms. The first-order valence-corrected chi connectivity index (χ1v) is 8.96. The SMILES string of the molecule is CC(C)C[C@H](NC(=O)Cn1c(=O)n(C)c2ccccc21)c1ccccc1. The number of nitrogens with zero attached hydrogens (tertiary/aromatic N) is 2. The molecule has 0 saturated carbocycles. The highest BCUT2D eigenvalue weighted by atomic mass is 16.2. The van der Waals surface area contributed by atoms with Gasteiger partial charge in [-0.2, -0.15) is 0 Å². The first-order chi connectivity index (χ1) is 12.5. The van der Waals surface area contributed by atoms with E-state index in [-0.39, 0.29) is 24.2 Å². The number of rotatable bonds is 6. The summed E-state index contributed by atoms with van der Waals surface area (Å²) in [5.74, 6) is 0.291. The molecule has 5 heteroatoms. The van der Waals surface area contributed by atoms with Gasteiger partial charge >= 0.3 is 5.69 Å². The van der Waals surface area contributed by atoms with Crippen molar-refractivity contribution in [2.24, 2.45) is 13.0 Å². The van der Waals surface area contributed by atoms with Crippen LogP contribution in [-0.2, 0) is 18.4 Å². The number of hydrogen-bond donors (Lipinski definition) is 1. The molecule has 0 bridgehead atoms. The lowest BCUT2D eigenvalue weighted by Crippen LogP contribution is -2.35. The number of amides is 1. The fourth-order valence-electron chi connectivity index (χ4n) is 3.33. The molecular formula is C21H25N3O2. The summed E-state index contributed by atoms with van der Waals surface area (Å²) in [6.45, 7) is 4.29. The number of hydrogen-bond acceptors (Lipinski definition) is 2. The van der Waals surface area contributed by atoms with Crippen LogP contribution in [0.15, 0.2) is 59.4 Å². The predicted octanol–water partition coefficient (Wildman–Crippen LogP) is 3.24. The van der Waals surface area contributed by atoms with Crippen LogP contribution in [0.5, 0.6) is 0 Å². The second kappa shape index (κ2) is 7.60. The topological polar surface area (TPSA) is 56.0 Å². The molecule has 0 unspecified atom stereocenters. The van der Waals surface area contributed by atoms with Crippen molar-refractivity contribution in [3.8, 4) is 0 Å². The Hall–Kier alpha value is -2.82. The van der Waals surface area contributed by atoms with Crippen LogP contribution in [0.3, 0.4) is 0 Å². The second-order valence-electron chi connectivity index (χ2n) is 7.08. The summed E-state index contributed by atoms with van der Waals surface area (Å²) in [4.78, 5) is 25.2. The summed E-state index contributed by atoms with van der Waals surface area (Å²) in [5, 5.41) is 3.11. The zero-order chi connectivity index (χ0) is 18.7. The van der Waals surface area contributed by atoms with Crippen molar-refractivity contribution in [3.05, 3.63) is 70.6 Å². The molecule has 0 spiro atoms. The van der Waals surface area contributed by atoms with Crippen LogP contribution in [0.4, 0.5) is 0 Å². The minimum Gasteiger partial charge on any atom is -0.348 e. The van der Waals surface area contributed by atoms with Crippen LogP contribution in [0.1, 0.15) is 31.9 Å². The Morgan fingerprint density at radius 3 is 2.27 bits per heavy atom. The molecule has 1 aromatic heterocycles. The summed E-state index contributed by atoms with van der Waals surface area (Å²) < 4.78 is 3.10. The van der Waals surface area contributed by atoms with E-state index in [0.29, 0.717) is 5.92 Å². The fourth-order valence-corrected chi connectivity index (χ4v) is 3.33. The first kappa shape index (κ1) is 18.0. The number of fused-ring (bicyclic) bond motifs is 1. The first-order valence-electron chi connectivity index (χ1n) is 8.96.